The van der Waals surface area contributed by atoms with Crippen molar-refractivity contribution >= 4 is 5.97 Å². The van der Waals surface area contributed by atoms with Gasteiger partial charge in [-0.1, -0.05) is 13.8 Å². The molecule has 0 aliphatic heterocycles. The number of carboxylic acids is 1. The lowest BCUT2D eigenvalue weighted by atomic mass is 10.0. The monoisotopic (exact) mass is 212 g/mol. The number of aromatic amines is 2. The molecule has 0 spiro atoms. The molecule has 1 aromatic heterocycles. The standard InChI is InChI=1S/C9H12N2O4/c1-4(2)7-5(3-6(12)13)8(14)11-9(15)10-7/h4H,3H2,1-2H3,(H,12,13)(H2,10,11,14,15). The molecule has 0 radical (unpaired) electrons. The van der Waals surface area contributed by atoms with Gasteiger partial charge >= 0.3 is 11.7 Å². The first-order valence-electron chi connectivity index (χ1n) is 4.49. The highest BCUT2D eigenvalue weighted by molar-refractivity contribution is 5.70. The van der Waals surface area contributed by atoms with Crippen molar-refractivity contribution in [2.45, 2.75) is 26.2 Å². The van der Waals surface area contributed by atoms with Gasteiger partial charge < -0.3 is 10.1 Å². The Labute approximate surface area is 85.0 Å². The van der Waals surface area contributed by atoms with Gasteiger partial charge in [0.2, 0.25) is 0 Å². The Morgan fingerprint density at radius 1 is 1.33 bits per heavy atom. The number of carboxylic acid groups (broad SMARTS) is 1. The van der Waals surface area contributed by atoms with Gasteiger partial charge in [0.05, 0.1) is 6.42 Å². The Hall–Kier alpha value is -1.85. The Kier molecular flexibility index (Phi) is 3.08. The first-order valence-corrected chi connectivity index (χ1v) is 4.49. The number of carbonyl (C=O) groups is 1. The van der Waals surface area contributed by atoms with E-state index in [4.69, 9.17) is 5.11 Å². The van der Waals surface area contributed by atoms with Crippen LogP contribution in [-0.2, 0) is 11.2 Å². The van der Waals surface area contributed by atoms with E-state index in [1.54, 1.807) is 13.8 Å². The molecule has 0 atom stereocenters. The third-order valence-electron chi connectivity index (χ3n) is 1.98. The van der Waals surface area contributed by atoms with Gasteiger partial charge in [0.25, 0.3) is 5.56 Å². The molecule has 1 heterocycles. The molecule has 6 nitrogen and oxygen atoms in total. The molecule has 0 aliphatic carbocycles. The summed E-state index contributed by atoms with van der Waals surface area (Å²) < 4.78 is 0. The third kappa shape index (κ3) is 2.55. The van der Waals surface area contributed by atoms with E-state index in [1.807, 2.05) is 4.98 Å². The van der Waals surface area contributed by atoms with Gasteiger partial charge in [-0.25, -0.2) is 4.79 Å². The van der Waals surface area contributed by atoms with Crippen molar-refractivity contribution in [3.63, 3.8) is 0 Å². The normalized spacial score (nSPS) is 10.6. The Morgan fingerprint density at radius 2 is 1.93 bits per heavy atom. The predicted octanol–water partition coefficient (Wildman–Crippen LogP) is -0.186. The smallest absolute Gasteiger partial charge is 0.325 e. The summed E-state index contributed by atoms with van der Waals surface area (Å²) in [7, 11) is 0. The van der Waals surface area contributed by atoms with Crippen LogP contribution in [-0.4, -0.2) is 21.0 Å². The fourth-order valence-electron chi connectivity index (χ4n) is 1.35. The Morgan fingerprint density at radius 3 is 2.40 bits per heavy atom. The first-order chi connectivity index (χ1) is 6.91. The molecule has 3 N–H and O–H groups in total. The van der Waals surface area contributed by atoms with Crippen LogP contribution in [0.1, 0.15) is 31.0 Å². The van der Waals surface area contributed by atoms with Crippen LogP contribution >= 0.6 is 0 Å². The number of nitrogens with one attached hydrogen (secondary N) is 2. The molecule has 0 bridgehead atoms. The van der Waals surface area contributed by atoms with Crippen LogP contribution in [0.3, 0.4) is 0 Å². The quantitative estimate of drug-likeness (QED) is 0.646. The van der Waals surface area contributed by atoms with E-state index in [-0.39, 0.29) is 17.9 Å². The van der Waals surface area contributed by atoms with Crippen LogP contribution in [0.4, 0.5) is 0 Å². The molecule has 1 rings (SSSR count). The van der Waals surface area contributed by atoms with E-state index in [1.165, 1.54) is 0 Å². The Bertz CT molecular complexity index is 484. The largest absolute Gasteiger partial charge is 0.481 e. The lowest BCUT2D eigenvalue weighted by molar-refractivity contribution is -0.136. The molecule has 0 aliphatic rings. The van der Waals surface area contributed by atoms with Crippen molar-refractivity contribution in [1.29, 1.82) is 0 Å². The molecular weight excluding hydrogens is 200 g/mol. The third-order valence-corrected chi connectivity index (χ3v) is 1.98. The maximum atomic E-state index is 11.4. The zero-order valence-electron chi connectivity index (χ0n) is 8.46. The molecule has 6 heteroatoms. The SMILES string of the molecule is CC(C)c1[nH]c(=O)[nH]c(=O)c1CC(=O)O. The summed E-state index contributed by atoms with van der Waals surface area (Å²) in [5.41, 5.74) is -0.758. The fraction of sp³-hybridized carbons (Fsp3) is 0.444. The van der Waals surface area contributed by atoms with Crippen LogP contribution < -0.4 is 11.2 Å². The second kappa shape index (κ2) is 4.12. The zero-order chi connectivity index (χ0) is 11.6. The van der Waals surface area contributed by atoms with E-state index in [2.05, 4.69) is 4.98 Å². The zero-order valence-corrected chi connectivity index (χ0v) is 8.46. The molecule has 0 amide bonds. The van der Waals surface area contributed by atoms with E-state index in [9.17, 15) is 14.4 Å². The molecule has 82 valence electrons. The van der Waals surface area contributed by atoms with E-state index >= 15 is 0 Å². The van der Waals surface area contributed by atoms with Crippen LogP contribution in [0.5, 0.6) is 0 Å². The van der Waals surface area contributed by atoms with Crippen LogP contribution in [0.2, 0.25) is 0 Å². The fourth-order valence-corrected chi connectivity index (χ4v) is 1.35. The number of aromatic nitrogens is 2. The number of aliphatic carboxylic acids is 1. The molecule has 0 aromatic carbocycles. The lowest BCUT2D eigenvalue weighted by Gasteiger charge is -2.08. The van der Waals surface area contributed by atoms with Crippen molar-refractivity contribution < 1.29 is 9.90 Å². The highest BCUT2D eigenvalue weighted by Gasteiger charge is 2.14. The molecular formula is C9H12N2O4. The summed E-state index contributed by atoms with van der Waals surface area (Å²) in [4.78, 5) is 37.3. The van der Waals surface area contributed by atoms with Gasteiger partial charge in [0, 0.05) is 11.3 Å². The maximum absolute atomic E-state index is 11.4. The summed E-state index contributed by atoms with van der Waals surface area (Å²) in [6, 6.07) is 0. The van der Waals surface area contributed by atoms with Gasteiger partial charge in [0.1, 0.15) is 0 Å². The second-order valence-electron chi connectivity index (χ2n) is 3.53. The summed E-state index contributed by atoms with van der Waals surface area (Å²) in [5.74, 6) is -1.20. The van der Waals surface area contributed by atoms with Gasteiger partial charge in [-0.05, 0) is 5.92 Å². The first kappa shape index (κ1) is 11.2. The minimum atomic E-state index is -1.10. The minimum Gasteiger partial charge on any atom is -0.481 e. The summed E-state index contributed by atoms with van der Waals surface area (Å²) >= 11 is 0. The highest BCUT2D eigenvalue weighted by Crippen LogP contribution is 2.12. The highest BCUT2D eigenvalue weighted by atomic mass is 16.4. The number of rotatable bonds is 3. The van der Waals surface area contributed by atoms with E-state index < -0.39 is 17.2 Å². The number of hydrogen-bond acceptors (Lipinski definition) is 3. The summed E-state index contributed by atoms with van der Waals surface area (Å²) in [6.07, 6.45) is -0.389. The van der Waals surface area contributed by atoms with E-state index in [0.717, 1.165) is 0 Å². The van der Waals surface area contributed by atoms with Crippen molar-refractivity contribution in [2.24, 2.45) is 0 Å². The van der Waals surface area contributed by atoms with Gasteiger partial charge in [-0.2, -0.15) is 0 Å². The molecule has 15 heavy (non-hydrogen) atoms. The van der Waals surface area contributed by atoms with Crippen molar-refractivity contribution in [1.82, 2.24) is 9.97 Å². The predicted molar refractivity (Wildman–Crippen MR) is 53.1 cm³/mol. The van der Waals surface area contributed by atoms with Gasteiger partial charge in [-0.15, -0.1) is 0 Å². The topological polar surface area (TPSA) is 103 Å². The molecule has 1 aromatic rings. The van der Waals surface area contributed by atoms with Crippen molar-refractivity contribution in [2.75, 3.05) is 0 Å². The maximum Gasteiger partial charge on any atom is 0.325 e. The average Bonchev–Trinajstić information content (AvgIpc) is 2.08. The van der Waals surface area contributed by atoms with Crippen molar-refractivity contribution in [3.8, 4) is 0 Å². The van der Waals surface area contributed by atoms with Crippen LogP contribution in [0.25, 0.3) is 0 Å². The lowest BCUT2D eigenvalue weighted by Crippen LogP contribution is -2.29. The second-order valence-corrected chi connectivity index (χ2v) is 3.53. The van der Waals surface area contributed by atoms with Crippen LogP contribution in [0, 0.1) is 0 Å². The van der Waals surface area contributed by atoms with Gasteiger partial charge in [-0.3, -0.25) is 14.6 Å². The number of H-pyrrole nitrogens is 2. The molecule has 0 saturated carbocycles. The molecule has 0 saturated heterocycles. The Balaban J connectivity index is 3.40. The van der Waals surface area contributed by atoms with E-state index in [0.29, 0.717) is 5.69 Å². The summed E-state index contributed by atoms with van der Waals surface area (Å²) in [6.45, 7) is 3.55. The minimum absolute atomic E-state index is 0.102. The number of hydrogen-bond donors (Lipinski definition) is 3. The summed E-state index contributed by atoms with van der Waals surface area (Å²) in [5, 5.41) is 8.62. The molecule has 0 fully saturated rings. The average molecular weight is 212 g/mol. The van der Waals surface area contributed by atoms with Gasteiger partial charge in [0.15, 0.2) is 0 Å². The van der Waals surface area contributed by atoms with Crippen molar-refractivity contribution in [3.05, 3.63) is 32.1 Å². The molecule has 0 unspecified atom stereocenters. The van der Waals surface area contributed by atoms with Crippen LogP contribution in [0.15, 0.2) is 9.59 Å².